The van der Waals surface area contributed by atoms with Crippen LogP contribution in [0.25, 0.3) is 0 Å². The molecule has 1 aliphatic carbocycles. The van der Waals surface area contributed by atoms with Crippen LogP contribution in [0.2, 0.25) is 0 Å². The fourth-order valence-electron chi connectivity index (χ4n) is 6.32. The van der Waals surface area contributed by atoms with Crippen LogP contribution in [0.3, 0.4) is 0 Å². The molecule has 44 heavy (non-hydrogen) atoms. The molecule has 5 rings (SSSR count). The van der Waals surface area contributed by atoms with Crippen LogP contribution >= 0.6 is 0 Å². The first-order chi connectivity index (χ1) is 21.1. The van der Waals surface area contributed by atoms with E-state index in [0.717, 1.165) is 36.8 Å². The van der Waals surface area contributed by atoms with Gasteiger partial charge >= 0.3 is 6.09 Å². The first kappa shape index (κ1) is 32.1. The van der Waals surface area contributed by atoms with E-state index < -0.39 is 29.7 Å². The molecule has 12 heteroatoms. The van der Waals surface area contributed by atoms with Crippen LogP contribution in [-0.4, -0.2) is 91.5 Å². The smallest absolute Gasteiger partial charge is 0.411 e. The van der Waals surface area contributed by atoms with E-state index in [4.69, 9.17) is 14.2 Å². The molecule has 0 aromatic heterocycles. The Morgan fingerprint density at radius 1 is 1.11 bits per heavy atom. The number of morpholine rings is 1. The molecule has 1 aromatic carbocycles. The predicted octanol–water partition coefficient (Wildman–Crippen LogP) is 2.13. The van der Waals surface area contributed by atoms with Gasteiger partial charge in [-0.05, 0) is 44.2 Å². The van der Waals surface area contributed by atoms with Crippen molar-refractivity contribution in [3.63, 3.8) is 0 Å². The third-order valence-corrected chi connectivity index (χ3v) is 9.17. The van der Waals surface area contributed by atoms with Crippen molar-refractivity contribution in [1.82, 2.24) is 15.5 Å². The number of anilines is 1. The Morgan fingerprint density at radius 2 is 1.84 bits per heavy atom. The lowest BCUT2D eigenvalue weighted by Crippen LogP contribution is -2.50. The van der Waals surface area contributed by atoms with Crippen molar-refractivity contribution in [1.29, 1.82) is 0 Å². The summed E-state index contributed by atoms with van der Waals surface area (Å²) in [5, 5.41) is 8.45. The summed E-state index contributed by atoms with van der Waals surface area (Å²) in [7, 11) is 0. The number of benzene rings is 1. The van der Waals surface area contributed by atoms with Gasteiger partial charge in [-0.1, -0.05) is 37.8 Å². The Bertz CT molecular complexity index is 1250. The first-order valence-corrected chi connectivity index (χ1v) is 15.8. The van der Waals surface area contributed by atoms with Gasteiger partial charge in [0, 0.05) is 31.0 Å². The molecule has 1 aromatic rings. The lowest BCUT2D eigenvalue weighted by molar-refractivity contribution is -0.134. The van der Waals surface area contributed by atoms with Gasteiger partial charge in [-0.15, -0.1) is 0 Å². The van der Waals surface area contributed by atoms with Crippen molar-refractivity contribution in [2.24, 2.45) is 11.8 Å². The largest absolute Gasteiger partial charge is 0.444 e. The molecule has 2 saturated heterocycles. The number of rotatable bonds is 14. The van der Waals surface area contributed by atoms with Crippen molar-refractivity contribution < 1.29 is 38.2 Å². The van der Waals surface area contributed by atoms with Gasteiger partial charge in [0.15, 0.2) is 11.6 Å². The zero-order chi connectivity index (χ0) is 31.3. The van der Waals surface area contributed by atoms with Crippen molar-refractivity contribution in [2.75, 3.05) is 44.8 Å². The van der Waals surface area contributed by atoms with Crippen molar-refractivity contribution in [3.8, 4) is 0 Å². The summed E-state index contributed by atoms with van der Waals surface area (Å²) in [6.07, 6.45) is 4.41. The minimum absolute atomic E-state index is 0.105. The quantitative estimate of drug-likeness (QED) is 0.268. The Kier molecular flexibility index (Phi) is 10.3. The average Bonchev–Trinajstić information content (AvgIpc) is 3.54. The van der Waals surface area contributed by atoms with E-state index in [0.29, 0.717) is 50.9 Å². The second-order valence-electron chi connectivity index (χ2n) is 12.8. The van der Waals surface area contributed by atoms with E-state index in [1.807, 2.05) is 17.0 Å². The minimum atomic E-state index is -0.885. The van der Waals surface area contributed by atoms with Gasteiger partial charge in [-0.25, -0.2) is 4.79 Å². The molecule has 4 atom stereocenters. The monoisotopic (exact) mass is 612 g/mol. The first-order valence-electron chi connectivity index (χ1n) is 15.8. The van der Waals surface area contributed by atoms with E-state index >= 15 is 0 Å². The van der Waals surface area contributed by atoms with E-state index in [2.05, 4.69) is 16.0 Å². The van der Waals surface area contributed by atoms with Crippen LogP contribution in [0.15, 0.2) is 18.2 Å². The molecule has 0 spiro atoms. The van der Waals surface area contributed by atoms with Crippen LogP contribution < -0.4 is 16.0 Å². The van der Waals surface area contributed by atoms with Gasteiger partial charge in [0.1, 0.15) is 12.2 Å². The number of hydrogen-bond acceptors (Lipinski definition) is 9. The molecule has 3 fully saturated rings. The molecule has 240 valence electrons. The molecule has 3 N–H and O–H groups in total. The highest BCUT2D eigenvalue weighted by Gasteiger charge is 2.50. The summed E-state index contributed by atoms with van der Waals surface area (Å²) in [6, 6.07) is 3.93. The minimum Gasteiger partial charge on any atom is -0.444 e. The highest BCUT2D eigenvalue weighted by Crippen LogP contribution is 2.34. The Labute approximate surface area is 257 Å². The highest BCUT2D eigenvalue weighted by molar-refractivity contribution is 5.98. The summed E-state index contributed by atoms with van der Waals surface area (Å²) in [5.74, 6) is -1.48. The van der Waals surface area contributed by atoms with Gasteiger partial charge in [-0.3, -0.25) is 29.4 Å². The third-order valence-electron chi connectivity index (χ3n) is 9.17. The zero-order valence-electron chi connectivity index (χ0n) is 25.7. The summed E-state index contributed by atoms with van der Waals surface area (Å²) >= 11 is 0. The number of amides is 3. The zero-order valence-corrected chi connectivity index (χ0v) is 25.7. The number of nitrogens with one attached hydrogen (secondary N) is 3. The topological polar surface area (TPSA) is 156 Å². The van der Waals surface area contributed by atoms with Gasteiger partial charge in [0.05, 0.1) is 44.1 Å². The summed E-state index contributed by atoms with van der Waals surface area (Å²) in [4.78, 5) is 67.0. The lowest BCUT2D eigenvalue weighted by Gasteiger charge is -2.27. The summed E-state index contributed by atoms with van der Waals surface area (Å²) in [6.45, 7) is 6.42. The molecule has 1 saturated carbocycles. The predicted molar refractivity (Wildman–Crippen MR) is 160 cm³/mol. The molecule has 12 nitrogen and oxygen atoms in total. The number of ether oxygens (including phenoxy) is 3. The molecular weight excluding hydrogens is 568 g/mol. The summed E-state index contributed by atoms with van der Waals surface area (Å²) < 4.78 is 15.9. The van der Waals surface area contributed by atoms with Crippen LogP contribution in [0.1, 0.15) is 63.5 Å². The molecule has 4 unspecified atom stereocenters. The molecule has 3 aliphatic heterocycles. The number of fused-ring (bicyclic) bond motifs is 1. The third kappa shape index (κ3) is 8.42. The van der Waals surface area contributed by atoms with E-state index in [1.165, 1.54) is 0 Å². The SMILES string of the molecule is CC(NC(=O)CN1CCOCC1)C(=O)CC(Cc1ccc2c(c1)COC(=O)N2)C(=O)NC(CC1CCCC1)C(=O)C1(C)CO1. The van der Waals surface area contributed by atoms with E-state index in [1.54, 1.807) is 19.9 Å². The van der Waals surface area contributed by atoms with E-state index in [-0.39, 0.29) is 49.4 Å². The Hall–Kier alpha value is -3.35. The van der Waals surface area contributed by atoms with E-state index in [9.17, 15) is 24.0 Å². The van der Waals surface area contributed by atoms with Gasteiger partial charge < -0.3 is 24.8 Å². The maximum atomic E-state index is 13.9. The number of cyclic esters (lactones) is 1. The highest BCUT2D eigenvalue weighted by atomic mass is 16.6. The fraction of sp³-hybridized carbons (Fsp3) is 0.656. The second kappa shape index (κ2) is 14.2. The van der Waals surface area contributed by atoms with Gasteiger partial charge in [-0.2, -0.15) is 0 Å². The van der Waals surface area contributed by atoms with Crippen LogP contribution in [0.4, 0.5) is 10.5 Å². The van der Waals surface area contributed by atoms with Crippen LogP contribution in [0.5, 0.6) is 0 Å². The maximum absolute atomic E-state index is 13.9. The number of carbonyl (C=O) groups excluding carboxylic acids is 5. The average molecular weight is 613 g/mol. The molecule has 4 aliphatic rings. The number of hydrogen-bond donors (Lipinski definition) is 3. The Morgan fingerprint density at radius 3 is 2.55 bits per heavy atom. The lowest BCUT2D eigenvalue weighted by atomic mass is 9.88. The number of ketones is 2. The van der Waals surface area contributed by atoms with Gasteiger partial charge in [0.25, 0.3) is 0 Å². The number of epoxide rings is 1. The number of Topliss-reactive ketones (excluding diaryl/α,β-unsaturated/α-hetero) is 2. The molecule has 3 heterocycles. The standard InChI is InChI=1S/C32H44N4O8/c1-20(33-28(38)17-36-9-11-42-12-10-36)27(37)16-23(13-22-7-8-25-24(14-22)18-43-31(41)35-25)30(40)34-26(15-21-5-3-4-6-21)29(39)32(2)19-44-32/h7-8,14,20-21,23,26H,3-6,9-13,15-19H2,1-2H3,(H,33,38)(H,34,40)(H,35,41). The molecular formula is C32H44N4O8. The van der Waals surface area contributed by atoms with Crippen molar-refractivity contribution >= 4 is 35.2 Å². The molecule has 0 bridgehead atoms. The van der Waals surface area contributed by atoms with Crippen LogP contribution in [-0.2, 0) is 46.4 Å². The number of nitrogens with zero attached hydrogens (tertiary/aromatic N) is 1. The Balaban J connectivity index is 1.29. The maximum Gasteiger partial charge on any atom is 0.411 e. The second-order valence-corrected chi connectivity index (χ2v) is 12.8. The van der Waals surface area contributed by atoms with Crippen molar-refractivity contribution in [2.45, 2.75) is 83.1 Å². The summed E-state index contributed by atoms with van der Waals surface area (Å²) in [5.41, 5.74) is 1.31. The van der Waals surface area contributed by atoms with Crippen LogP contribution in [0, 0.1) is 11.8 Å². The van der Waals surface area contributed by atoms with Gasteiger partial charge in [0.2, 0.25) is 11.8 Å². The molecule has 3 amide bonds. The van der Waals surface area contributed by atoms with Crippen molar-refractivity contribution in [3.05, 3.63) is 29.3 Å². The molecule has 0 radical (unpaired) electrons. The fourth-order valence-corrected chi connectivity index (χ4v) is 6.32. The normalized spacial score (nSPS) is 23.8. The number of carbonyl (C=O) groups is 5.